The van der Waals surface area contributed by atoms with Gasteiger partial charge in [0.15, 0.2) is 0 Å². The smallest absolute Gasteiger partial charge is 0.338 e. The summed E-state index contributed by atoms with van der Waals surface area (Å²) in [5.41, 5.74) is 0.536. The quantitative estimate of drug-likeness (QED) is 0.700. The van der Waals surface area contributed by atoms with Gasteiger partial charge in [0.1, 0.15) is 5.75 Å². The molecule has 0 spiro atoms. The van der Waals surface area contributed by atoms with Gasteiger partial charge in [-0.15, -0.1) is 0 Å². The van der Waals surface area contributed by atoms with E-state index in [1.165, 1.54) is 0 Å². The van der Waals surface area contributed by atoms with E-state index < -0.39 is 0 Å². The second-order valence-electron chi connectivity index (χ2n) is 3.95. The van der Waals surface area contributed by atoms with E-state index in [9.17, 15) is 4.79 Å². The van der Waals surface area contributed by atoms with Gasteiger partial charge in [-0.05, 0) is 38.1 Å². The number of methoxy groups -OCH3 is 1. The van der Waals surface area contributed by atoms with Gasteiger partial charge < -0.3 is 14.2 Å². The van der Waals surface area contributed by atoms with Gasteiger partial charge in [0.2, 0.25) is 0 Å². The lowest BCUT2D eigenvalue weighted by Crippen LogP contribution is -2.14. The summed E-state index contributed by atoms with van der Waals surface area (Å²) in [6, 6.07) is 6.96. The topological polar surface area (TPSA) is 44.8 Å². The number of carbonyl (C=O) groups is 1. The molecule has 0 N–H and O–H groups in total. The molecule has 1 aromatic rings. The summed E-state index contributed by atoms with van der Waals surface area (Å²) < 4.78 is 15.6. The van der Waals surface area contributed by atoms with E-state index >= 15 is 0 Å². The summed E-state index contributed by atoms with van der Waals surface area (Å²) in [6.45, 7) is 4.82. The molecule has 100 valence electrons. The summed E-state index contributed by atoms with van der Waals surface area (Å²) in [7, 11) is 1.67. The number of rotatable bonds is 7. The van der Waals surface area contributed by atoms with Gasteiger partial charge in [0, 0.05) is 20.1 Å². The van der Waals surface area contributed by atoms with Crippen LogP contribution in [0.2, 0.25) is 0 Å². The Bertz CT molecular complexity index is 359. The Morgan fingerprint density at radius 1 is 1.28 bits per heavy atom. The maximum Gasteiger partial charge on any atom is 0.338 e. The van der Waals surface area contributed by atoms with Gasteiger partial charge >= 0.3 is 5.97 Å². The minimum atomic E-state index is -0.309. The first kappa shape index (κ1) is 14.5. The molecule has 0 heterocycles. The summed E-state index contributed by atoms with van der Waals surface area (Å²) in [6.07, 6.45) is 0.911. The third-order valence-electron chi connectivity index (χ3n) is 2.43. The lowest BCUT2D eigenvalue weighted by molar-refractivity contribution is 0.0526. The van der Waals surface area contributed by atoms with Crippen molar-refractivity contribution in [1.82, 2.24) is 0 Å². The molecule has 0 amide bonds. The van der Waals surface area contributed by atoms with Crippen LogP contribution < -0.4 is 4.74 Å². The average Bonchev–Trinajstić information content (AvgIpc) is 2.37. The molecular weight excluding hydrogens is 232 g/mol. The van der Waals surface area contributed by atoms with Crippen LogP contribution in [0.25, 0.3) is 0 Å². The molecule has 0 aromatic heterocycles. The van der Waals surface area contributed by atoms with E-state index in [0.29, 0.717) is 18.8 Å². The highest BCUT2D eigenvalue weighted by Crippen LogP contribution is 2.15. The van der Waals surface area contributed by atoms with E-state index in [-0.39, 0.29) is 12.1 Å². The van der Waals surface area contributed by atoms with Crippen molar-refractivity contribution in [1.29, 1.82) is 0 Å². The summed E-state index contributed by atoms with van der Waals surface area (Å²) in [4.78, 5) is 11.4. The Kier molecular flexibility index (Phi) is 6.22. The Morgan fingerprint density at radius 2 is 1.94 bits per heavy atom. The highest BCUT2D eigenvalue weighted by atomic mass is 16.5. The van der Waals surface area contributed by atoms with Crippen LogP contribution in [0.4, 0.5) is 0 Å². The van der Waals surface area contributed by atoms with Crippen LogP contribution in [-0.4, -0.2) is 32.4 Å². The van der Waals surface area contributed by atoms with Gasteiger partial charge in [-0.3, -0.25) is 0 Å². The van der Waals surface area contributed by atoms with E-state index in [1.54, 1.807) is 38.3 Å². The van der Waals surface area contributed by atoms with Crippen LogP contribution in [0.15, 0.2) is 24.3 Å². The first-order valence-electron chi connectivity index (χ1n) is 6.10. The highest BCUT2D eigenvalue weighted by molar-refractivity contribution is 5.89. The fourth-order valence-electron chi connectivity index (χ4n) is 1.46. The fraction of sp³-hybridized carbons (Fsp3) is 0.500. The average molecular weight is 252 g/mol. The summed E-state index contributed by atoms with van der Waals surface area (Å²) in [5, 5.41) is 0. The molecule has 4 heteroatoms. The SMILES string of the molecule is CCOC(=O)c1ccc(OC(C)CCOC)cc1. The van der Waals surface area contributed by atoms with Crippen LogP contribution in [-0.2, 0) is 9.47 Å². The molecule has 4 nitrogen and oxygen atoms in total. The summed E-state index contributed by atoms with van der Waals surface area (Å²) in [5.74, 6) is 0.433. The number of ether oxygens (including phenoxy) is 3. The van der Waals surface area contributed by atoms with Gasteiger partial charge in [-0.2, -0.15) is 0 Å². The molecule has 18 heavy (non-hydrogen) atoms. The van der Waals surface area contributed by atoms with Crippen molar-refractivity contribution in [2.45, 2.75) is 26.4 Å². The minimum Gasteiger partial charge on any atom is -0.491 e. The molecule has 0 fully saturated rings. The predicted molar refractivity (Wildman–Crippen MR) is 69.0 cm³/mol. The maximum absolute atomic E-state index is 11.4. The molecule has 0 radical (unpaired) electrons. The van der Waals surface area contributed by atoms with Gasteiger partial charge in [0.25, 0.3) is 0 Å². The molecule has 1 rings (SSSR count). The first-order valence-corrected chi connectivity index (χ1v) is 6.10. The van der Waals surface area contributed by atoms with Crippen LogP contribution in [0.1, 0.15) is 30.6 Å². The third kappa shape index (κ3) is 4.75. The van der Waals surface area contributed by atoms with Crippen LogP contribution in [0.5, 0.6) is 5.75 Å². The molecule has 0 aliphatic heterocycles. The molecular formula is C14H20O4. The largest absolute Gasteiger partial charge is 0.491 e. The molecule has 1 aromatic carbocycles. The van der Waals surface area contributed by atoms with Gasteiger partial charge in [-0.1, -0.05) is 0 Å². The number of hydrogen-bond acceptors (Lipinski definition) is 4. The van der Waals surface area contributed by atoms with Crippen LogP contribution >= 0.6 is 0 Å². The van der Waals surface area contributed by atoms with Crippen LogP contribution in [0.3, 0.4) is 0 Å². The Hall–Kier alpha value is -1.55. The normalized spacial score (nSPS) is 11.9. The lowest BCUT2D eigenvalue weighted by atomic mass is 10.2. The van der Waals surface area contributed by atoms with Crippen LogP contribution in [0, 0.1) is 0 Å². The fourth-order valence-corrected chi connectivity index (χ4v) is 1.46. The van der Waals surface area contributed by atoms with Crippen molar-refractivity contribution in [2.24, 2.45) is 0 Å². The molecule has 0 bridgehead atoms. The molecule has 0 aliphatic carbocycles. The lowest BCUT2D eigenvalue weighted by Gasteiger charge is -2.14. The second-order valence-corrected chi connectivity index (χ2v) is 3.95. The molecule has 0 aliphatic rings. The summed E-state index contributed by atoms with van der Waals surface area (Å²) >= 11 is 0. The van der Waals surface area contributed by atoms with Crippen molar-refractivity contribution in [3.8, 4) is 5.75 Å². The minimum absolute atomic E-state index is 0.0818. The zero-order valence-electron chi connectivity index (χ0n) is 11.1. The Balaban J connectivity index is 2.52. The Labute approximate surface area is 108 Å². The van der Waals surface area contributed by atoms with Gasteiger partial charge in [-0.25, -0.2) is 4.79 Å². The van der Waals surface area contributed by atoms with E-state index in [1.807, 2.05) is 6.92 Å². The number of hydrogen-bond donors (Lipinski definition) is 0. The number of benzene rings is 1. The van der Waals surface area contributed by atoms with Crippen molar-refractivity contribution in [2.75, 3.05) is 20.3 Å². The standard InChI is InChI=1S/C14H20O4/c1-4-17-14(15)12-5-7-13(8-6-12)18-11(2)9-10-16-3/h5-8,11H,4,9-10H2,1-3H3. The van der Waals surface area contributed by atoms with Crippen molar-refractivity contribution >= 4 is 5.97 Å². The number of carbonyl (C=O) groups excluding carboxylic acids is 1. The van der Waals surface area contributed by atoms with E-state index in [4.69, 9.17) is 14.2 Å². The number of esters is 1. The highest BCUT2D eigenvalue weighted by Gasteiger charge is 2.07. The molecule has 1 atom stereocenters. The third-order valence-corrected chi connectivity index (χ3v) is 2.43. The van der Waals surface area contributed by atoms with E-state index in [2.05, 4.69) is 0 Å². The maximum atomic E-state index is 11.4. The second kappa shape index (κ2) is 7.71. The first-order chi connectivity index (χ1) is 8.67. The molecule has 0 saturated carbocycles. The zero-order valence-corrected chi connectivity index (χ0v) is 11.1. The van der Waals surface area contributed by atoms with Gasteiger partial charge in [0.05, 0.1) is 18.3 Å². The molecule has 0 saturated heterocycles. The monoisotopic (exact) mass is 252 g/mol. The predicted octanol–water partition coefficient (Wildman–Crippen LogP) is 2.67. The van der Waals surface area contributed by atoms with Crippen molar-refractivity contribution < 1.29 is 19.0 Å². The molecule has 1 unspecified atom stereocenters. The van der Waals surface area contributed by atoms with Crippen molar-refractivity contribution in [3.63, 3.8) is 0 Å². The van der Waals surface area contributed by atoms with Crippen molar-refractivity contribution in [3.05, 3.63) is 29.8 Å². The Morgan fingerprint density at radius 3 is 2.50 bits per heavy atom. The zero-order chi connectivity index (χ0) is 13.4. The van der Waals surface area contributed by atoms with E-state index in [0.717, 1.165) is 12.2 Å².